The van der Waals surface area contributed by atoms with E-state index in [0.29, 0.717) is 19.0 Å². The molecule has 1 N–H and O–H groups in total. The zero-order chi connectivity index (χ0) is 20.2. The summed E-state index contributed by atoms with van der Waals surface area (Å²) in [4.78, 5) is 18.1. The lowest BCUT2D eigenvalue weighted by molar-refractivity contribution is -0.118. The van der Waals surface area contributed by atoms with Crippen molar-refractivity contribution in [2.24, 2.45) is 0 Å². The van der Waals surface area contributed by atoms with E-state index in [9.17, 15) is 9.18 Å². The fourth-order valence-electron chi connectivity index (χ4n) is 4.15. The van der Waals surface area contributed by atoms with Crippen LogP contribution in [0.5, 0.6) is 0 Å². The number of carbonyl (C=O) groups is 1. The first kappa shape index (κ1) is 19.5. The first-order valence-electron chi connectivity index (χ1n) is 10.1. The van der Waals surface area contributed by atoms with E-state index in [-0.39, 0.29) is 11.7 Å². The topological polar surface area (TPSA) is 63.1 Å². The van der Waals surface area contributed by atoms with E-state index in [1.165, 1.54) is 13.0 Å². The largest absolute Gasteiger partial charge is 0.354 e. The Morgan fingerprint density at radius 3 is 3.03 bits per heavy atom. The number of fused-ring (bicyclic) bond motifs is 1. The summed E-state index contributed by atoms with van der Waals surface area (Å²) in [7, 11) is 0. The van der Waals surface area contributed by atoms with Crippen LogP contribution in [-0.2, 0) is 17.9 Å². The van der Waals surface area contributed by atoms with Crippen molar-refractivity contribution in [3.8, 4) is 0 Å². The zero-order valence-electron chi connectivity index (χ0n) is 16.6. The molecular formula is C22H26FN5O. The minimum atomic E-state index is -0.189. The second kappa shape index (κ2) is 8.69. The molecular weight excluding hydrogens is 369 g/mol. The number of aromatic nitrogens is 3. The van der Waals surface area contributed by atoms with E-state index in [2.05, 4.69) is 21.3 Å². The normalized spacial score (nSPS) is 17.5. The van der Waals surface area contributed by atoms with Crippen molar-refractivity contribution in [1.82, 2.24) is 25.0 Å². The lowest BCUT2D eigenvalue weighted by Crippen LogP contribution is -2.34. The van der Waals surface area contributed by atoms with Gasteiger partial charge in [0.2, 0.25) is 5.91 Å². The smallest absolute Gasteiger partial charge is 0.216 e. The van der Waals surface area contributed by atoms with Gasteiger partial charge in [-0.1, -0.05) is 12.1 Å². The molecule has 1 fully saturated rings. The molecule has 2 aromatic heterocycles. The van der Waals surface area contributed by atoms with Gasteiger partial charge in [0, 0.05) is 44.1 Å². The van der Waals surface area contributed by atoms with E-state index in [4.69, 9.17) is 5.10 Å². The highest BCUT2D eigenvalue weighted by molar-refractivity contribution is 5.79. The molecule has 1 atom stereocenters. The summed E-state index contributed by atoms with van der Waals surface area (Å²) in [6.07, 6.45) is 3.94. The van der Waals surface area contributed by atoms with Crippen molar-refractivity contribution < 1.29 is 9.18 Å². The molecule has 29 heavy (non-hydrogen) atoms. The fourth-order valence-corrected chi connectivity index (χ4v) is 4.15. The predicted molar refractivity (Wildman–Crippen MR) is 110 cm³/mol. The Bertz CT molecular complexity index is 1000. The van der Waals surface area contributed by atoms with Gasteiger partial charge in [0.05, 0.1) is 12.2 Å². The van der Waals surface area contributed by atoms with Crippen LogP contribution in [0.25, 0.3) is 11.0 Å². The Labute approximate surface area is 169 Å². The number of rotatable bonds is 6. The maximum atomic E-state index is 13.5. The van der Waals surface area contributed by atoms with Gasteiger partial charge in [0.25, 0.3) is 0 Å². The van der Waals surface area contributed by atoms with E-state index in [0.717, 1.165) is 54.8 Å². The van der Waals surface area contributed by atoms with Crippen LogP contribution in [0, 0.1) is 5.82 Å². The average Bonchev–Trinajstić information content (AvgIpc) is 3.07. The number of halogens is 1. The van der Waals surface area contributed by atoms with Crippen molar-refractivity contribution >= 4 is 16.9 Å². The van der Waals surface area contributed by atoms with Crippen LogP contribution in [0.4, 0.5) is 4.39 Å². The third-order valence-corrected chi connectivity index (χ3v) is 5.42. The summed E-state index contributed by atoms with van der Waals surface area (Å²) < 4.78 is 15.4. The molecule has 1 aliphatic rings. The van der Waals surface area contributed by atoms with E-state index < -0.39 is 0 Å². The van der Waals surface area contributed by atoms with E-state index in [1.54, 1.807) is 18.3 Å². The second-order valence-corrected chi connectivity index (χ2v) is 7.67. The first-order chi connectivity index (χ1) is 14.1. The van der Waals surface area contributed by atoms with Crippen LogP contribution in [0.2, 0.25) is 0 Å². The number of nitrogens with zero attached hydrogens (tertiary/aromatic N) is 4. The van der Waals surface area contributed by atoms with Crippen LogP contribution >= 0.6 is 0 Å². The number of carbonyl (C=O) groups excluding carboxylic acids is 1. The maximum absolute atomic E-state index is 13.5. The second-order valence-electron chi connectivity index (χ2n) is 7.67. The Hall–Kier alpha value is -2.80. The van der Waals surface area contributed by atoms with Crippen molar-refractivity contribution in [3.05, 3.63) is 59.7 Å². The number of likely N-dealkylation sites (tertiary alicyclic amines) is 1. The number of piperidine rings is 1. The monoisotopic (exact) mass is 395 g/mol. The van der Waals surface area contributed by atoms with Gasteiger partial charge in [-0.15, -0.1) is 0 Å². The zero-order valence-corrected chi connectivity index (χ0v) is 16.6. The molecule has 3 heterocycles. The number of hydrogen-bond acceptors (Lipinski definition) is 4. The minimum Gasteiger partial charge on any atom is -0.354 e. The van der Waals surface area contributed by atoms with Gasteiger partial charge in [0.15, 0.2) is 5.65 Å². The number of hydrogen-bond donors (Lipinski definition) is 1. The predicted octanol–water partition coefficient (Wildman–Crippen LogP) is 3.09. The molecule has 4 rings (SSSR count). The highest BCUT2D eigenvalue weighted by Gasteiger charge is 2.26. The molecule has 1 aromatic carbocycles. The van der Waals surface area contributed by atoms with Gasteiger partial charge in [-0.3, -0.25) is 9.69 Å². The standard InChI is InChI=1S/C22H26FN5O/c1-16(29)24-10-12-28-22-20(8-3-9-25-22)21(26-28)18-6-4-11-27(15-18)14-17-5-2-7-19(23)13-17/h2-3,5,7-9,13,18H,4,6,10-12,14-15H2,1H3,(H,24,29)/t18-/m1/s1. The molecule has 0 unspecified atom stereocenters. The lowest BCUT2D eigenvalue weighted by atomic mass is 9.93. The van der Waals surface area contributed by atoms with Gasteiger partial charge in [-0.25, -0.2) is 14.1 Å². The molecule has 6 nitrogen and oxygen atoms in total. The summed E-state index contributed by atoms with van der Waals surface area (Å²) >= 11 is 0. The minimum absolute atomic E-state index is 0.0464. The molecule has 1 aliphatic heterocycles. The molecule has 0 aliphatic carbocycles. The highest BCUT2D eigenvalue weighted by Crippen LogP contribution is 2.31. The molecule has 3 aromatic rings. The van der Waals surface area contributed by atoms with Crippen molar-refractivity contribution in [3.63, 3.8) is 0 Å². The summed E-state index contributed by atoms with van der Waals surface area (Å²) in [6, 6.07) is 10.9. The van der Waals surface area contributed by atoms with Gasteiger partial charge in [-0.05, 0) is 49.2 Å². The van der Waals surface area contributed by atoms with E-state index in [1.807, 2.05) is 16.8 Å². The molecule has 0 spiro atoms. The van der Waals surface area contributed by atoms with Crippen LogP contribution in [0.1, 0.15) is 36.9 Å². The van der Waals surface area contributed by atoms with Crippen molar-refractivity contribution in [2.45, 2.75) is 38.8 Å². The van der Waals surface area contributed by atoms with Crippen LogP contribution in [0.15, 0.2) is 42.6 Å². The van der Waals surface area contributed by atoms with E-state index >= 15 is 0 Å². The number of nitrogens with one attached hydrogen (secondary N) is 1. The fraction of sp³-hybridized carbons (Fsp3) is 0.409. The summed E-state index contributed by atoms with van der Waals surface area (Å²) in [6.45, 7) is 5.27. The lowest BCUT2D eigenvalue weighted by Gasteiger charge is -2.32. The van der Waals surface area contributed by atoms with Crippen LogP contribution in [-0.4, -0.2) is 45.2 Å². The number of pyridine rings is 1. The van der Waals surface area contributed by atoms with Crippen molar-refractivity contribution in [2.75, 3.05) is 19.6 Å². The molecule has 1 saturated heterocycles. The number of amides is 1. The Morgan fingerprint density at radius 1 is 1.31 bits per heavy atom. The molecule has 1 amide bonds. The summed E-state index contributed by atoms with van der Waals surface area (Å²) in [5.41, 5.74) is 2.92. The molecule has 7 heteroatoms. The van der Waals surface area contributed by atoms with Crippen molar-refractivity contribution in [1.29, 1.82) is 0 Å². The Morgan fingerprint density at radius 2 is 2.21 bits per heavy atom. The maximum Gasteiger partial charge on any atom is 0.216 e. The molecule has 0 saturated carbocycles. The number of benzene rings is 1. The van der Waals surface area contributed by atoms with Gasteiger partial charge in [-0.2, -0.15) is 5.10 Å². The van der Waals surface area contributed by atoms with Crippen LogP contribution < -0.4 is 5.32 Å². The SMILES string of the molecule is CC(=O)NCCn1nc([C@@H]2CCCN(Cc3cccc(F)c3)C2)c2cccnc21. The average molecular weight is 395 g/mol. The van der Waals surface area contributed by atoms with Gasteiger partial charge >= 0.3 is 0 Å². The summed E-state index contributed by atoms with van der Waals surface area (Å²) in [5, 5.41) is 8.78. The summed E-state index contributed by atoms with van der Waals surface area (Å²) in [5.74, 6) is 0.0759. The van der Waals surface area contributed by atoms with Crippen LogP contribution in [0.3, 0.4) is 0 Å². The Kier molecular flexibility index (Phi) is 5.85. The molecule has 0 radical (unpaired) electrons. The quantitative estimate of drug-likeness (QED) is 0.697. The third-order valence-electron chi connectivity index (χ3n) is 5.42. The highest BCUT2D eigenvalue weighted by atomic mass is 19.1. The van der Waals surface area contributed by atoms with Gasteiger partial charge < -0.3 is 5.32 Å². The first-order valence-corrected chi connectivity index (χ1v) is 10.1. The van der Waals surface area contributed by atoms with Gasteiger partial charge in [0.1, 0.15) is 5.82 Å². The Balaban J connectivity index is 1.53. The third kappa shape index (κ3) is 4.62. The molecule has 0 bridgehead atoms. The molecule has 152 valence electrons.